The highest BCUT2D eigenvalue weighted by molar-refractivity contribution is 5.51. The van der Waals surface area contributed by atoms with Crippen molar-refractivity contribution in [2.24, 2.45) is 0 Å². The van der Waals surface area contributed by atoms with Crippen LogP contribution in [0.1, 0.15) is 0 Å². The summed E-state index contributed by atoms with van der Waals surface area (Å²) in [4.78, 5) is 1.33. The van der Waals surface area contributed by atoms with Crippen molar-refractivity contribution >= 4 is 5.69 Å². The first-order valence-electron chi connectivity index (χ1n) is 6.65. The average molecular weight is 311 g/mol. The maximum atomic E-state index is 12.4. The van der Waals surface area contributed by atoms with Crippen molar-refractivity contribution in [3.05, 3.63) is 54.6 Å². The molecule has 0 bridgehead atoms. The number of para-hydroxylation sites is 1. The summed E-state index contributed by atoms with van der Waals surface area (Å²) in [7, 11) is 1.48. The van der Waals surface area contributed by atoms with E-state index < -0.39 is 18.8 Å². The second-order valence-electron chi connectivity index (χ2n) is 4.85. The monoisotopic (exact) mass is 311 g/mol. The van der Waals surface area contributed by atoms with Gasteiger partial charge in [0.1, 0.15) is 11.5 Å². The Hall–Kier alpha value is -2.21. The Kier molecular flexibility index (Phi) is 4.92. The summed E-state index contributed by atoms with van der Waals surface area (Å²) in [5.74, 6) is 1.15. The Bertz CT molecular complexity index is 602. The molecule has 0 amide bonds. The summed E-state index contributed by atoms with van der Waals surface area (Å²) in [5, 5.41) is 9.12. The molecule has 0 radical (unpaired) electrons. The van der Waals surface area contributed by atoms with Crippen molar-refractivity contribution in [1.29, 1.82) is 0 Å². The minimum atomic E-state index is -4.63. The van der Waals surface area contributed by atoms with E-state index in [-0.39, 0.29) is 0 Å². The highest BCUT2D eigenvalue weighted by atomic mass is 19.4. The van der Waals surface area contributed by atoms with Crippen molar-refractivity contribution in [3.8, 4) is 11.5 Å². The molecule has 22 heavy (non-hydrogen) atoms. The van der Waals surface area contributed by atoms with Gasteiger partial charge in [0.15, 0.2) is 6.10 Å². The van der Waals surface area contributed by atoms with Crippen LogP contribution in [0.25, 0.3) is 0 Å². The van der Waals surface area contributed by atoms with Crippen LogP contribution in [0.4, 0.5) is 18.9 Å². The first-order chi connectivity index (χ1) is 10.4. The third-order valence-electron chi connectivity index (χ3n) is 3.06. The molecule has 0 aliphatic rings. The van der Waals surface area contributed by atoms with Crippen LogP contribution in [0.5, 0.6) is 11.5 Å². The van der Waals surface area contributed by atoms with E-state index in [1.54, 1.807) is 36.4 Å². The number of rotatable bonds is 5. The standard InChI is InChI=1S/C16H16F3NO2/c1-20(11-15(21)16(17,18)19)12-6-5-9-14(10-12)22-13-7-3-2-4-8-13/h2-10,15,21H,11H2,1H3. The average Bonchev–Trinajstić information content (AvgIpc) is 2.47. The highest BCUT2D eigenvalue weighted by Gasteiger charge is 2.38. The van der Waals surface area contributed by atoms with Crippen LogP contribution < -0.4 is 9.64 Å². The lowest BCUT2D eigenvalue weighted by molar-refractivity contribution is -0.200. The summed E-state index contributed by atoms with van der Waals surface area (Å²) >= 11 is 0. The zero-order valence-electron chi connectivity index (χ0n) is 11.9. The number of aliphatic hydroxyl groups excluding tert-OH is 1. The van der Waals surface area contributed by atoms with E-state index in [0.717, 1.165) is 0 Å². The second kappa shape index (κ2) is 6.70. The van der Waals surface area contributed by atoms with Crippen molar-refractivity contribution < 1.29 is 23.0 Å². The van der Waals surface area contributed by atoms with E-state index in [1.807, 2.05) is 18.2 Å². The van der Waals surface area contributed by atoms with Crippen LogP contribution >= 0.6 is 0 Å². The number of hydrogen-bond acceptors (Lipinski definition) is 3. The van der Waals surface area contributed by atoms with Crippen LogP contribution in [0, 0.1) is 0 Å². The molecule has 118 valence electrons. The molecule has 1 atom stereocenters. The lowest BCUT2D eigenvalue weighted by Crippen LogP contribution is -2.39. The van der Waals surface area contributed by atoms with Crippen molar-refractivity contribution in [3.63, 3.8) is 0 Å². The molecule has 1 N–H and O–H groups in total. The smallest absolute Gasteiger partial charge is 0.416 e. The van der Waals surface area contributed by atoms with Crippen LogP contribution in [0.2, 0.25) is 0 Å². The van der Waals surface area contributed by atoms with Crippen LogP contribution in [0.3, 0.4) is 0 Å². The third kappa shape index (κ3) is 4.39. The number of anilines is 1. The van der Waals surface area contributed by atoms with E-state index in [4.69, 9.17) is 9.84 Å². The molecule has 0 aliphatic carbocycles. The van der Waals surface area contributed by atoms with Crippen molar-refractivity contribution in [2.45, 2.75) is 12.3 Å². The van der Waals surface area contributed by atoms with Gasteiger partial charge in [-0.15, -0.1) is 0 Å². The molecule has 2 aromatic carbocycles. The lowest BCUT2D eigenvalue weighted by atomic mass is 10.2. The quantitative estimate of drug-likeness (QED) is 0.910. The molecule has 1 unspecified atom stereocenters. The van der Waals surface area contributed by atoms with E-state index in [0.29, 0.717) is 17.2 Å². The maximum absolute atomic E-state index is 12.4. The van der Waals surface area contributed by atoms with E-state index in [9.17, 15) is 13.2 Å². The fourth-order valence-electron chi connectivity index (χ4n) is 1.88. The van der Waals surface area contributed by atoms with Gasteiger partial charge in [0.05, 0.1) is 6.54 Å². The molecule has 0 aromatic heterocycles. The number of aliphatic hydroxyl groups is 1. The Labute approximate surface area is 126 Å². The minimum absolute atomic E-state index is 0.511. The predicted molar refractivity (Wildman–Crippen MR) is 78.3 cm³/mol. The molecule has 0 saturated carbocycles. The van der Waals surface area contributed by atoms with Gasteiger partial charge in [-0.2, -0.15) is 13.2 Å². The van der Waals surface area contributed by atoms with Crippen LogP contribution in [-0.4, -0.2) is 31.0 Å². The normalized spacial score (nSPS) is 12.8. The molecule has 2 aromatic rings. The van der Waals surface area contributed by atoms with Gasteiger partial charge in [-0.05, 0) is 24.3 Å². The fraction of sp³-hybridized carbons (Fsp3) is 0.250. The largest absolute Gasteiger partial charge is 0.457 e. The first-order valence-corrected chi connectivity index (χ1v) is 6.65. The summed E-state index contributed by atoms with van der Waals surface area (Å²) in [5.41, 5.74) is 0.525. The Morgan fingerprint density at radius 1 is 1.05 bits per heavy atom. The molecule has 0 fully saturated rings. The molecule has 3 nitrogen and oxygen atoms in total. The number of likely N-dealkylation sites (N-methyl/N-ethyl adjacent to an activating group) is 1. The van der Waals surface area contributed by atoms with Gasteiger partial charge in [-0.25, -0.2) is 0 Å². The maximum Gasteiger partial charge on any atom is 0.416 e. The highest BCUT2D eigenvalue weighted by Crippen LogP contribution is 2.27. The Balaban J connectivity index is 2.08. The molecule has 0 heterocycles. The predicted octanol–water partition coefficient (Wildman–Crippen LogP) is 3.84. The van der Waals surface area contributed by atoms with E-state index in [1.165, 1.54) is 11.9 Å². The molecule has 6 heteroatoms. The fourth-order valence-corrected chi connectivity index (χ4v) is 1.88. The SMILES string of the molecule is CN(CC(O)C(F)(F)F)c1cccc(Oc2ccccc2)c1. The third-order valence-corrected chi connectivity index (χ3v) is 3.06. The first kappa shape index (κ1) is 16.2. The van der Waals surface area contributed by atoms with Gasteiger partial charge >= 0.3 is 6.18 Å². The Morgan fingerprint density at radius 3 is 2.32 bits per heavy atom. The molecule has 0 spiro atoms. The van der Waals surface area contributed by atoms with Gasteiger partial charge in [0, 0.05) is 18.8 Å². The van der Waals surface area contributed by atoms with Crippen LogP contribution in [0.15, 0.2) is 54.6 Å². The van der Waals surface area contributed by atoms with Gasteiger partial charge in [0.2, 0.25) is 0 Å². The van der Waals surface area contributed by atoms with E-state index in [2.05, 4.69) is 0 Å². The summed E-state index contributed by atoms with van der Waals surface area (Å²) in [6.07, 6.45) is -7.02. The van der Waals surface area contributed by atoms with Crippen LogP contribution in [-0.2, 0) is 0 Å². The van der Waals surface area contributed by atoms with E-state index >= 15 is 0 Å². The molecular formula is C16H16F3NO2. The zero-order chi connectivity index (χ0) is 16.2. The molecule has 0 aliphatic heterocycles. The van der Waals surface area contributed by atoms with Gasteiger partial charge < -0.3 is 14.7 Å². The lowest BCUT2D eigenvalue weighted by Gasteiger charge is -2.24. The number of nitrogens with zero attached hydrogens (tertiary/aromatic N) is 1. The van der Waals surface area contributed by atoms with Crippen molar-refractivity contribution in [1.82, 2.24) is 0 Å². The molecule has 0 saturated heterocycles. The number of ether oxygens (including phenoxy) is 1. The number of hydrogen-bond donors (Lipinski definition) is 1. The van der Waals surface area contributed by atoms with Gasteiger partial charge in [-0.3, -0.25) is 0 Å². The minimum Gasteiger partial charge on any atom is -0.457 e. The summed E-state index contributed by atoms with van der Waals surface area (Å²) in [6.45, 7) is -0.543. The molecule has 2 rings (SSSR count). The number of halogens is 3. The van der Waals surface area contributed by atoms with Gasteiger partial charge in [0.25, 0.3) is 0 Å². The summed E-state index contributed by atoms with van der Waals surface area (Å²) in [6, 6.07) is 15.7. The number of alkyl halides is 3. The topological polar surface area (TPSA) is 32.7 Å². The van der Waals surface area contributed by atoms with Crippen molar-refractivity contribution in [2.75, 3.05) is 18.5 Å². The molecular weight excluding hydrogens is 295 g/mol. The van der Waals surface area contributed by atoms with Gasteiger partial charge in [-0.1, -0.05) is 24.3 Å². The summed E-state index contributed by atoms with van der Waals surface area (Å²) < 4.78 is 42.8. The Morgan fingerprint density at radius 2 is 1.68 bits per heavy atom. The zero-order valence-corrected chi connectivity index (χ0v) is 11.9. The number of benzene rings is 2. The second-order valence-corrected chi connectivity index (χ2v) is 4.85.